The number of nitrogens with one attached hydrogen (secondary N) is 2. The zero-order chi connectivity index (χ0) is 11.7. The summed E-state index contributed by atoms with van der Waals surface area (Å²) >= 11 is 0. The molecule has 0 bridgehead atoms. The zero-order valence-corrected chi connectivity index (χ0v) is 9.08. The molecule has 0 saturated carbocycles. The number of carboxylic acids is 1. The molecule has 0 spiro atoms. The molecule has 0 fully saturated rings. The Labute approximate surface area is 89.0 Å². The quantitative estimate of drug-likeness (QED) is 0.464. The third-order valence-corrected chi connectivity index (χ3v) is 1.88. The summed E-state index contributed by atoms with van der Waals surface area (Å²) < 4.78 is 4.66. The van der Waals surface area contributed by atoms with Gasteiger partial charge in [0.2, 0.25) is 5.91 Å². The number of amides is 1. The lowest BCUT2D eigenvalue weighted by Crippen LogP contribution is -2.37. The monoisotopic (exact) mass is 218 g/mol. The first kappa shape index (κ1) is 13.9. The van der Waals surface area contributed by atoms with Crippen LogP contribution in [0.1, 0.15) is 12.8 Å². The highest BCUT2D eigenvalue weighted by Crippen LogP contribution is 1.90. The second-order valence-corrected chi connectivity index (χ2v) is 3.07. The summed E-state index contributed by atoms with van der Waals surface area (Å²) in [6.07, 6.45) is 0.141. The number of hydrogen-bond acceptors (Lipinski definition) is 4. The van der Waals surface area contributed by atoms with Crippen LogP contribution in [-0.2, 0) is 14.3 Å². The maximum absolute atomic E-state index is 11.2. The Morgan fingerprint density at radius 1 is 1.47 bits per heavy atom. The maximum atomic E-state index is 11.2. The van der Waals surface area contributed by atoms with Gasteiger partial charge in [0.15, 0.2) is 6.10 Å². The highest BCUT2D eigenvalue weighted by Gasteiger charge is 2.16. The number of carbonyl (C=O) groups excluding carboxylic acids is 1. The van der Waals surface area contributed by atoms with Gasteiger partial charge in [0.1, 0.15) is 0 Å². The predicted molar refractivity (Wildman–Crippen MR) is 54.6 cm³/mol. The molecule has 15 heavy (non-hydrogen) atoms. The Morgan fingerprint density at radius 2 is 2.13 bits per heavy atom. The Bertz CT molecular complexity index is 208. The van der Waals surface area contributed by atoms with Crippen LogP contribution in [-0.4, -0.2) is 50.3 Å². The van der Waals surface area contributed by atoms with E-state index in [1.54, 1.807) is 0 Å². The first-order valence-corrected chi connectivity index (χ1v) is 4.78. The molecule has 1 amide bonds. The van der Waals surface area contributed by atoms with E-state index >= 15 is 0 Å². The Morgan fingerprint density at radius 3 is 2.60 bits per heavy atom. The van der Waals surface area contributed by atoms with Gasteiger partial charge in [-0.2, -0.15) is 0 Å². The lowest BCUT2D eigenvalue weighted by molar-refractivity contribution is -0.148. The van der Waals surface area contributed by atoms with E-state index in [0.717, 1.165) is 13.0 Å². The maximum Gasteiger partial charge on any atom is 0.334 e. The molecule has 0 heterocycles. The summed E-state index contributed by atoms with van der Waals surface area (Å²) in [7, 11) is 3.11. The van der Waals surface area contributed by atoms with Gasteiger partial charge >= 0.3 is 5.97 Å². The van der Waals surface area contributed by atoms with Gasteiger partial charge in [-0.3, -0.25) is 4.79 Å². The van der Waals surface area contributed by atoms with Gasteiger partial charge in [-0.25, -0.2) is 4.79 Å². The number of carboxylic acid groups (broad SMARTS) is 1. The second kappa shape index (κ2) is 8.19. The van der Waals surface area contributed by atoms with E-state index in [1.807, 2.05) is 7.05 Å². The minimum Gasteiger partial charge on any atom is -0.479 e. The molecular weight excluding hydrogens is 200 g/mol. The van der Waals surface area contributed by atoms with Gasteiger partial charge in [0.25, 0.3) is 0 Å². The fourth-order valence-corrected chi connectivity index (χ4v) is 0.992. The van der Waals surface area contributed by atoms with E-state index in [9.17, 15) is 9.59 Å². The first-order valence-electron chi connectivity index (χ1n) is 4.78. The number of hydrogen-bond donors (Lipinski definition) is 3. The van der Waals surface area contributed by atoms with E-state index in [1.165, 1.54) is 7.11 Å². The van der Waals surface area contributed by atoms with Gasteiger partial charge in [-0.05, 0) is 20.0 Å². The van der Waals surface area contributed by atoms with Crippen LogP contribution >= 0.6 is 0 Å². The van der Waals surface area contributed by atoms with Crippen molar-refractivity contribution in [3.8, 4) is 0 Å². The summed E-state index contributed by atoms with van der Waals surface area (Å²) in [5.41, 5.74) is 0. The third-order valence-electron chi connectivity index (χ3n) is 1.88. The van der Waals surface area contributed by atoms with Crippen LogP contribution in [0.5, 0.6) is 0 Å². The summed E-state index contributed by atoms with van der Waals surface area (Å²) in [5.74, 6) is -1.23. The summed E-state index contributed by atoms with van der Waals surface area (Å²) in [4.78, 5) is 21.7. The standard InChI is InChI=1S/C9H18N2O4/c1-10-5-3-4-8(12)11-6-7(15-2)9(13)14/h7,10H,3-6H2,1-2H3,(H,11,12)(H,13,14). The molecule has 1 unspecified atom stereocenters. The SMILES string of the molecule is CNCCCC(=O)NCC(OC)C(=O)O. The topological polar surface area (TPSA) is 87.7 Å². The Balaban J connectivity index is 3.64. The van der Waals surface area contributed by atoms with Gasteiger partial charge in [-0.1, -0.05) is 0 Å². The lowest BCUT2D eigenvalue weighted by Gasteiger charge is -2.11. The molecule has 0 aliphatic heterocycles. The van der Waals surface area contributed by atoms with Crippen molar-refractivity contribution in [1.82, 2.24) is 10.6 Å². The fourth-order valence-electron chi connectivity index (χ4n) is 0.992. The second-order valence-electron chi connectivity index (χ2n) is 3.07. The number of ether oxygens (including phenoxy) is 1. The average Bonchev–Trinajstić information content (AvgIpc) is 2.18. The molecule has 0 aliphatic rings. The van der Waals surface area contributed by atoms with Crippen molar-refractivity contribution >= 4 is 11.9 Å². The Hall–Kier alpha value is -1.14. The minimum atomic E-state index is -1.08. The van der Waals surface area contributed by atoms with Crippen molar-refractivity contribution in [2.75, 3.05) is 27.2 Å². The molecule has 0 saturated heterocycles. The zero-order valence-electron chi connectivity index (χ0n) is 9.08. The largest absolute Gasteiger partial charge is 0.479 e. The number of methoxy groups -OCH3 is 1. The first-order chi connectivity index (χ1) is 7.11. The average molecular weight is 218 g/mol. The van der Waals surface area contributed by atoms with Crippen molar-refractivity contribution in [2.45, 2.75) is 18.9 Å². The van der Waals surface area contributed by atoms with E-state index < -0.39 is 12.1 Å². The smallest absolute Gasteiger partial charge is 0.334 e. The van der Waals surface area contributed by atoms with Crippen LogP contribution in [0, 0.1) is 0 Å². The predicted octanol–water partition coefficient (Wildman–Crippen LogP) is -0.798. The normalized spacial score (nSPS) is 12.1. The summed E-state index contributed by atoms with van der Waals surface area (Å²) in [6, 6.07) is 0. The number of carbonyl (C=O) groups is 2. The molecule has 0 aromatic rings. The molecule has 3 N–H and O–H groups in total. The van der Waals surface area contributed by atoms with Crippen LogP contribution in [0.2, 0.25) is 0 Å². The molecule has 0 rings (SSSR count). The summed E-state index contributed by atoms with van der Waals surface area (Å²) in [5, 5.41) is 14.0. The van der Waals surface area contributed by atoms with Crippen LogP contribution < -0.4 is 10.6 Å². The van der Waals surface area contributed by atoms with Crippen LogP contribution in [0.3, 0.4) is 0 Å². The fraction of sp³-hybridized carbons (Fsp3) is 0.778. The molecule has 0 radical (unpaired) electrons. The van der Waals surface area contributed by atoms with Crippen LogP contribution in [0.25, 0.3) is 0 Å². The van der Waals surface area contributed by atoms with Crippen LogP contribution in [0.15, 0.2) is 0 Å². The van der Waals surface area contributed by atoms with Crippen LogP contribution in [0.4, 0.5) is 0 Å². The van der Waals surface area contributed by atoms with E-state index in [-0.39, 0.29) is 12.5 Å². The lowest BCUT2D eigenvalue weighted by atomic mass is 10.3. The molecule has 0 aromatic carbocycles. The molecule has 6 heteroatoms. The van der Waals surface area contributed by atoms with E-state index in [0.29, 0.717) is 6.42 Å². The molecule has 0 aliphatic carbocycles. The van der Waals surface area contributed by atoms with E-state index in [4.69, 9.17) is 5.11 Å². The van der Waals surface area contributed by atoms with Gasteiger partial charge in [0.05, 0.1) is 6.54 Å². The van der Waals surface area contributed by atoms with Gasteiger partial charge in [0, 0.05) is 13.5 Å². The molecule has 88 valence electrons. The molecule has 1 atom stereocenters. The summed E-state index contributed by atoms with van der Waals surface area (Å²) in [6.45, 7) is 0.768. The molecular formula is C9H18N2O4. The Kier molecular flexibility index (Phi) is 7.57. The highest BCUT2D eigenvalue weighted by atomic mass is 16.5. The molecule has 6 nitrogen and oxygen atoms in total. The van der Waals surface area contributed by atoms with Crippen molar-refractivity contribution < 1.29 is 19.4 Å². The van der Waals surface area contributed by atoms with E-state index in [2.05, 4.69) is 15.4 Å². The van der Waals surface area contributed by atoms with Crippen molar-refractivity contribution in [3.05, 3.63) is 0 Å². The minimum absolute atomic E-state index is 0.00419. The van der Waals surface area contributed by atoms with Gasteiger partial charge < -0.3 is 20.5 Å². The van der Waals surface area contributed by atoms with Crippen molar-refractivity contribution in [1.29, 1.82) is 0 Å². The van der Waals surface area contributed by atoms with Gasteiger partial charge in [-0.15, -0.1) is 0 Å². The van der Waals surface area contributed by atoms with Crippen molar-refractivity contribution in [3.63, 3.8) is 0 Å². The third kappa shape index (κ3) is 6.87. The highest BCUT2D eigenvalue weighted by molar-refractivity contribution is 5.78. The number of rotatable bonds is 8. The molecule has 0 aromatic heterocycles. The number of aliphatic carboxylic acids is 1. The van der Waals surface area contributed by atoms with Crippen molar-refractivity contribution in [2.24, 2.45) is 0 Å².